The molecule has 1 aliphatic heterocycles. The molecule has 1 aromatic rings. The Labute approximate surface area is 101 Å². The molecular formula is C11H18N2O3S. The standard InChI is InChI=1S/C11H18N2O3S/c1-8(6-12)10-7-16-11(13-10)9-2-4-17(14,15)5-3-9/h7-9H,2-6,12H2,1H3. The quantitative estimate of drug-likeness (QED) is 0.875. The zero-order chi connectivity index (χ0) is 12.5. The van der Waals surface area contributed by atoms with Crippen LogP contribution >= 0.6 is 0 Å². The number of sulfone groups is 1. The number of nitrogens with zero attached hydrogens (tertiary/aromatic N) is 1. The Kier molecular flexibility index (Phi) is 3.53. The van der Waals surface area contributed by atoms with Crippen molar-refractivity contribution in [2.24, 2.45) is 5.73 Å². The molecule has 2 heterocycles. The molecule has 6 heteroatoms. The highest BCUT2D eigenvalue weighted by atomic mass is 32.2. The lowest BCUT2D eigenvalue weighted by Crippen LogP contribution is -2.22. The molecule has 17 heavy (non-hydrogen) atoms. The van der Waals surface area contributed by atoms with Crippen LogP contribution < -0.4 is 5.73 Å². The van der Waals surface area contributed by atoms with Crippen LogP contribution in [0.5, 0.6) is 0 Å². The first-order valence-electron chi connectivity index (χ1n) is 5.87. The third-order valence-electron chi connectivity index (χ3n) is 3.30. The van der Waals surface area contributed by atoms with Crippen LogP contribution in [0.15, 0.2) is 10.7 Å². The largest absolute Gasteiger partial charge is 0.448 e. The van der Waals surface area contributed by atoms with Gasteiger partial charge < -0.3 is 10.2 Å². The lowest BCUT2D eigenvalue weighted by molar-refractivity contribution is 0.423. The molecule has 96 valence electrons. The fourth-order valence-corrected chi connectivity index (χ4v) is 3.46. The third-order valence-corrected chi connectivity index (χ3v) is 5.02. The van der Waals surface area contributed by atoms with Crippen LogP contribution in [0.4, 0.5) is 0 Å². The molecule has 0 spiro atoms. The summed E-state index contributed by atoms with van der Waals surface area (Å²) in [6.45, 7) is 2.53. The number of rotatable bonds is 3. The van der Waals surface area contributed by atoms with Crippen LogP contribution in [-0.2, 0) is 9.84 Å². The number of oxazole rings is 1. The smallest absolute Gasteiger partial charge is 0.197 e. The van der Waals surface area contributed by atoms with Gasteiger partial charge in [-0.25, -0.2) is 13.4 Å². The van der Waals surface area contributed by atoms with Gasteiger partial charge in [0.25, 0.3) is 0 Å². The highest BCUT2D eigenvalue weighted by Gasteiger charge is 2.28. The van der Waals surface area contributed by atoms with Crippen molar-refractivity contribution in [2.75, 3.05) is 18.1 Å². The first kappa shape index (κ1) is 12.6. The maximum Gasteiger partial charge on any atom is 0.197 e. The van der Waals surface area contributed by atoms with E-state index in [1.54, 1.807) is 6.26 Å². The van der Waals surface area contributed by atoms with Crippen LogP contribution in [-0.4, -0.2) is 31.5 Å². The van der Waals surface area contributed by atoms with E-state index in [1.165, 1.54) is 0 Å². The first-order valence-corrected chi connectivity index (χ1v) is 7.70. The van der Waals surface area contributed by atoms with Crippen molar-refractivity contribution in [3.8, 4) is 0 Å². The molecule has 1 aliphatic rings. The average molecular weight is 258 g/mol. The molecule has 2 rings (SSSR count). The second-order valence-electron chi connectivity index (χ2n) is 4.67. The summed E-state index contributed by atoms with van der Waals surface area (Å²) in [6, 6.07) is 0. The number of aromatic nitrogens is 1. The molecule has 1 unspecified atom stereocenters. The van der Waals surface area contributed by atoms with Crippen LogP contribution in [0.3, 0.4) is 0 Å². The van der Waals surface area contributed by atoms with E-state index in [1.807, 2.05) is 6.92 Å². The Balaban J connectivity index is 2.06. The van der Waals surface area contributed by atoms with Gasteiger partial charge in [0.05, 0.1) is 17.2 Å². The van der Waals surface area contributed by atoms with Gasteiger partial charge in [-0.3, -0.25) is 0 Å². The Morgan fingerprint density at radius 1 is 1.53 bits per heavy atom. The molecule has 5 nitrogen and oxygen atoms in total. The van der Waals surface area contributed by atoms with Gasteiger partial charge in [-0.15, -0.1) is 0 Å². The van der Waals surface area contributed by atoms with Crippen molar-refractivity contribution < 1.29 is 12.8 Å². The molecule has 0 aliphatic carbocycles. The Morgan fingerprint density at radius 2 is 2.18 bits per heavy atom. The van der Waals surface area contributed by atoms with Gasteiger partial charge in [-0.2, -0.15) is 0 Å². The lowest BCUT2D eigenvalue weighted by Gasteiger charge is -2.18. The van der Waals surface area contributed by atoms with E-state index in [2.05, 4.69) is 4.98 Å². The molecule has 0 saturated carbocycles. The summed E-state index contributed by atoms with van der Waals surface area (Å²) in [5.41, 5.74) is 6.42. The van der Waals surface area contributed by atoms with Crippen molar-refractivity contribution in [1.82, 2.24) is 4.98 Å². The zero-order valence-electron chi connectivity index (χ0n) is 9.93. The molecule has 1 atom stereocenters. The maximum atomic E-state index is 11.3. The number of nitrogens with two attached hydrogens (primary N) is 1. The minimum atomic E-state index is -2.83. The summed E-state index contributed by atoms with van der Waals surface area (Å²) in [5, 5.41) is 0. The van der Waals surface area contributed by atoms with Gasteiger partial charge >= 0.3 is 0 Å². The van der Waals surface area contributed by atoms with Gasteiger partial charge in [0.2, 0.25) is 0 Å². The van der Waals surface area contributed by atoms with Crippen LogP contribution in [0.2, 0.25) is 0 Å². The van der Waals surface area contributed by atoms with E-state index >= 15 is 0 Å². The van der Waals surface area contributed by atoms with Crippen molar-refractivity contribution in [2.45, 2.75) is 31.6 Å². The predicted octanol–water partition coefficient (Wildman–Crippen LogP) is 1.03. The normalized spacial score (nSPS) is 22.5. The van der Waals surface area contributed by atoms with Gasteiger partial charge in [0.1, 0.15) is 16.1 Å². The van der Waals surface area contributed by atoms with Gasteiger partial charge in [0, 0.05) is 18.4 Å². The maximum absolute atomic E-state index is 11.3. The SMILES string of the molecule is CC(CN)c1coc(C2CCS(=O)(=O)CC2)n1. The zero-order valence-corrected chi connectivity index (χ0v) is 10.7. The Hall–Kier alpha value is -0.880. The number of hydrogen-bond donors (Lipinski definition) is 1. The van der Waals surface area contributed by atoms with Crippen molar-refractivity contribution in [3.05, 3.63) is 17.8 Å². The van der Waals surface area contributed by atoms with Gasteiger partial charge in [0.15, 0.2) is 5.89 Å². The van der Waals surface area contributed by atoms with Crippen molar-refractivity contribution >= 4 is 9.84 Å². The van der Waals surface area contributed by atoms with Crippen LogP contribution in [0, 0.1) is 0 Å². The molecular weight excluding hydrogens is 240 g/mol. The van der Waals surface area contributed by atoms with E-state index in [9.17, 15) is 8.42 Å². The minimum absolute atomic E-state index is 0.136. The third kappa shape index (κ3) is 2.87. The highest BCUT2D eigenvalue weighted by molar-refractivity contribution is 7.91. The van der Waals surface area contributed by atoms with E-state index < -0.39 is 9.84 Å². The summed E-state index contributed by atoms with van der Waals surface area (Å²) in [5.74, 6) is 1.45. The second-order valence-corrected chi connectivity index (χ2v) is 6.98. The van der Waals surface area contributed by atoms with Crippen LogP contribution in [0.25, 0.3) is 0 Å². The lowest BCUT2D eigenvalue weighted by atomic mass is 10.0. The molecule has 0 radical (unpaired) electrons. The molecule has 2 N–H and O–H groups in total. The molecule has 1 fully saturated rings. The highest BCUT2D eigenvalue weighted by Crippen LogP contribution is 2.29. The summed E-state index contributed by atoms with van der Waals surface area (Å²) < 4.78 is 28.1. The summed E-state index contributed by atoms with van der Waals surface area (Å²) in [4.78, 5) is 4.41. The first-order chi connectivity index (χ1) is 8.02. The second kappa shape index (κ2) is 4.78. The minimum Gasteiger partial charge on any atom is -0.448 e. The molecule has 0 aromatic carbocycles. The summed E-state index contributed by atoms with van der Waals surface area (Å²) in [6.07, 6.45) is 2.86. The Bertz CT molecular complexity index is 467. The molecule has 0 bridgehead atoms. The van der Waals surface area contributed by atoms with Crippen LogP contribution in [0.1, 0.15) is 43.2 Å². The molecule has 0 amide bonds. The summed E-state index contributed by atoms with van der Waals surface area (Å²) >= 11 is 0. The van der Waals surface area contributed by atoms with Gasteiger partial charge in [-0.1, -0.05) is 6.92 Å². The summed E-state index contributed by atoms with van der Waals surface area (Å²) in [7, 11) is -2.83. The monoisotopic (exact) mass is 258 g/mol. The number of hydrogen-bond acceptors (Lipinski definition) is 5. The van der Waals surface area contributed by atoms with Crippen molar-refractivity contribution in [3.63, 3.8) is 0 Å². The van der Waals surface area contributed by atoms with E-state index in [-0.39, 0.29) is 23.3 Å². The molecule has 1 aromatic heterocycles. The molecule has 1 saturated heterocycles. The average Bonchev–Trinajstić information content (AvgIpc) is 2.77. The topological polar surface area (TPSA) is 86.2 Å². The van der Waals surface area contributed by atoms with Gasteiger partial charge in [-0.05, 0) is 12.8 Å². The predicted molar refractivity (Wildman–Crippen MR) is 64.6 cm³/mol. The fourth-order valence-electron chi connectivity index (χ4n) is 1.97. The fraction of sp³-hybridized carbons (Fsp3) is 0.727. The van der Waals surface area contributed by atoms with E-state index in [4.69, 9.17) is 10.2 Å². The van der Waals surface area contributed by atoms with E-state index in [0.717, 1.165) is 5.69 Å². The van der Waals surface area contributed by atoms with E-state index in [0.29, 0.717) is 25.3 Å². The van der Waals surface area contributed by atoms with Crippen molar-refractivity contribution in [1.29, 1.82) is 0 Å². The Morgan fingerprint density at radius 3 is 2.76 bits per heavy atom.